The standard InChI is InChI=1S/C14H18O3/c1-10-6-7-14(17-10)9-16-13-5-3-4-12(8-13)11(2)15/h3-5,8,10,14H,6-7,9H2,1-2H3. The molecule has 0 spiro atoms. The third kappa shape index (κ3) is 3.30. The molecule has 0 amide bonds. The van der Waals surface area contributed by atoms with Crippen molar-refractivity contribution in [1.82, 2.24) is 0 Å². The summed E-state index contributed by atoms with van der Waals surface area (Å²) in [5.41, 5.74) is 0.684. The zero-order chi connectivity index (χ0) is 12.3. The van der Waals surface area contributed by atoms with Crippen LogP contribution in [-0.4, -0.2) is 24.6 Å². The van der Waals surface area contributed by atoms with E-state index >= 15 is 0 Å². The molecule has 2 unspecified atom stereocenters. The van der Waals surface area contributed by atoms with Crippen molar-refractivity contribution in [2.75, 3.05) is 6.61 Å². The van der Waals surface area contributed by atoms with Gasteiger partial charge >= 0.3 is 0 Å². The van der Waals surface area contributed by atoms with Gasteiger partial charge in [0.05, 0.1) is 12.2 Å². The van der Waals surface area contributed by atoms with Crippen LogP contribution >= 0.6 is 0 Å². The summed E-state index contributed by atoms with van der Waals surface area (Å²) in [6.45, 7) is 4.20. The van der Waals surface area contributed by atoms with E-state index in [4.69, 9.17) is 9.47 Å². The second-order valence-electron chi connectivity index (χ2n) is 4.54. The summed E-state index contributed by atoms with van der Waals surface area (Å²) < 4.78 is 11.3. The lowest BCUT2D eigenvalue weighted by molar-refractivity contribution is 0.0264. The predicted octanol–water partition coefficient (Wildman–Crippen LogP) is 2.84. The van der Waals surface area contributed by atoms with Gasteiger partial charge in [0.15, 0.2) is 5.78 Å². The molecule has 1 aliphatic rings. The molecule has 0 saturated carbocycles. The molecular formula is C14H18O3. The van der Waals surface area contributed by atoms with E-state index < -0.39 is 0 Å². The average Bonchev–Trinajstić information content (AvgIpc) is 2.73. The van der Waals surface area contributed by atoms with Gasteiger partial charge in [-0.2, -0.15) is 0 Å². The van der Waals surface area contributed by atoms with Crippen LogP contribution in [0.4, 0.5) is 0 Å². The van der Waals surface area contributed by atoms with Crippen LogP contribution in [0.25, 0.3) is 0 Å². The Morgan fingerprint density at radius 2 is 2.29 bits per heavy atom. The third-order valence-electron chi connectivity index (χ3n) is 3.00. The molecule has 17 heavy (non-hydrogen) atoms. The highest BCUT2D eigenvalue weighted by Gasteiger charge is 2.22. The van der Waals surface area contributed by atoms with Crippen molar-refractivity contribution < 1.29 is 14.3 Å². The van der Waals surface area contributed by atoms with Crippen molar-refractivity contribution in [2.45, 2.75) is 38.9 Å². The van der Waals surface area contributed by atoms with Gasteiger partial charge in [0.2, 0.25) is 0 Å². The van der Waals surface area contributed by atoms with Crippen molar-refractivity contribution in [3.05, 3.63) is 29.8 Å². The molecule has 0 N–H and O–H groups in total. The fraction of sp³-hybridized carbons (Fsp3) is 0.500. The Morgan fingerprint density at radius 3 is 2.94 bits per heavy atom. The van der Waals surface area contributed by atoms with E-state index in [2.05, 4.69) is 6.92 Å². The van der Waals surface area contributed by atoms with Crippen LogP contribution in [0.1, 0.15) is 37.0 Å². The van der Waals surface area contributed by atoms with Crippen molar-refractivity contribution in [1.29, 1.82) is 0 Å². The minimum absolute atomic E-state index is 0.0567. The Balaban J connectivity index is 1.90. The van der Waals surface area contributed by atoms with Gasteiger partial charge in [0.25, 0.3) is 0 Å². The van der Waals surface area contributed by atoms with Crippen LogP contribution in [0, 0.1) is 0 Å². The molecule has 3 nitrogen and oxygen atoms in total. The number of ketones is 1. The Bertz CT molecular complexity index is 400. The van der Waals surface area contributed by atoms with Gasteiger partial charge in [-0.1, -0.05) is 12.1 Å². The topological polar surface area (TPSA) is 35.5 Å². The molecule has 1 saturated heterocycles. The fourth-order valence-corrected chi connectivity index (χ4v) is 2.00. The molecule has 92 valence electrons. The summed E-state index contributed by atoms with van der Waals surface area (Å²) in [6.07, 6.45) is 2.67. The van der Waals surface area contributed by atoms with Gasteiger partial charge in [-0.25, -0.2) is 0 Å². The molecular weight excluding hydrogens is 216 g/mol. The van der Waals surface area contributed by atoms with Crippen LogP contribution < -0.4 is 4.74 Å². The van der Waals surface area contributed by atoms with Crippen molar-refractivity contribution in [3.63, 3.8) is 0 Å². The second kappa shape index (κ2) is 5.32. The highest BCUT2D eigenvalue weighted by Crippen LogP contribution is 2.21. The van der Waals surface area contributed by atoms with E-state index in [0.29, 0.717) is 18.3 Å². The smallest absolute Gasteiger partial charge is 0.159 e. The number of rotatable bonds is 4. The number of Topliss-reactive ketones (excluding diaryl/α,β-unsaturated/α-hetero) is 1. The molecule has 0 aromatic heterocycles. The lowest BCUT2D eigenvalue weighted by Crippen LogP contribution is -2.17. The Hall–Kier alpha value is -1.35. The minimum atomic E-state index is 0.0567. The monoisotopic (exact) mass is 234 g/mol. The number of carbonyl (C=O) groups is 1. The average molecular weight is 234 g/mol. The first-order valence-corrected chi connectivity index (χ1v) is 6.04. The van der Waals surface area contributed by atoms with E-state index in [0.717, 1.165) is 18.6 Å². The molecule has 2 rings (SSSR count). The maximum Gasteiger partial charge on any atom is 0.159 e. The van der Waals surface area contributed by atoms with E-state index in [9.17, 15) is 4.79 Å². The molecule has 1 fully saturated rings. The minimum Gasteiger partial charge on any atom is -0.491 e. The van der Waals surface area contributed by atoms with Crippen molar-refractivity contribution >= 4 is 5.78 Å². The zero-order valence-corrected chi connectivity index (χ0v) is 10.3. The van der Waals surface area contributed by atoms with Gasteiger partial charge in [-0.05, 0) is 38.8 Å². The van der Waals surface area contributed by atoms with Gasteiger partial charge in [-0.3, -0.25) is 4.79 Å². The van der Waals surface area contributed by atoms with E-state index in [1.807, 2.05) is 12.1 Å². The Kier molecular flexibility index (Phi) is 3.79. The highest BCUT2D eigenvalue weighted by atomic mass is 16.5. The molecule has 0 radical (unpaired) electrons. The summed E-state index contributed by atoms with van der Waals surface area (Å²) in [4.78, 5) is 11.2. The van der Waals surface area contributed by atoms with E-state index in [1.165, 1.54) is 0 Å². The molecule has 0 bridgehead atoms. The highest BCUT2D eigenvalue weighted by molar-refractivity contribution is 5.94. The van der Waals surface area contributed by atoms with Crippen LogP contribution in [0.2, 0.25) is 0 Å². The number of ether oxygens (including phenoxy) is 2. The second-order valence-corrected chi connectivity index (χ2v) is 4.54. The van der Waals surface area contributed by atoms with Crippen LogP contribution in [-0.2, 0) is 4.74 Å². The van der Waals surface area contributed by atoms with Crippen LogP contribution in [0.5, 0.6) is 5.75 Å². The number of benzene rings is 1. The summed E-state index contributed by atoms with van der Waals surface area (Å²) >= 11 is 0. The quantitative estimate of drug-likeness (QED) is 0.751. The summed E-state index contributed by atoms with van der Waals surface area (Å²) in [6, 6.07) is 7.28. The molecule has 3 heteroatoms. The SMILES string of the molecule is CC(=O)c1cccc(OCC2CCC(C)O2)c1. The molecule has 1 aromatic carbocycles. The van der Waals surface area contributed by atoms with Gasteiger partial charge in [-0.15, -0.1) is 0 Å². The number of carbonyl (C=O) groups excluding carboxylic acids is 1. The first kappa shape index (κ1) is 12.1. The normalized spacial score (nSPS) is 23.6. The molecule has 1 aromatic rings. The third-order valence-corrected chi connectivity index (χ3v) is 3.00. The summed E-state index contributed by atoms with van der Waals surface area (Å²) in [5.74, 6) is 0.794. The Morgan fingerprint density at radius 1 is 1.47 bits per heavy atom. The van der Waals surface area contributed by atoms with Gasteiger partial charge in [0, 0.05) is 5.56 Å². The van der Waals surface area contributed by atoms with Gasteiger partial charge in [0.1, 0.15) is 12.4 Å². The molecule has 1 heterocycles. The fourth-order valence-electron chi connectivity index (χ4n) is 2.00. The predicted molar refractivity (Wildman–Crippen MR) is 65.5 cm³/mol. The maximum atomic E-state index is 11.2. The first-order chi connectivity index (χ1) is 8.15. The van der Waals surface area contributed by atoms with Crippen LogP contribution in [0.15, 0.2) is 24.3 Å². The van der Waals surface area contributed by atoms with Crippen LogP contribution in [0.3, 0.4) is 0 Å². The maximum absolute atomic E-state index is 11.2. The molecule has 0 aliphatic carbocycles. The lowest BCUT2D eigenvalue weighted by atomic mass is 10.1. The largest absolute Gasteiger partial charge is 0.491 e. The first-order valence-electron chi connectivity index (χ1n) is 6.04. The van der Waals surface area contributed by atoms with Gasteiger partial charge < -0.3 is 9.47 Å². The number of hydrogen-bond donors (Lipinski definition) is 0. The molecule has 1 aliphatic heterocycles. The van der Waals surface area contributed by atoms with Crippen molar-refractivity contribution in [3.8, 4) is 5.75 Å². The van der Waals surface area contributed by atoms with E-state index in [-0.39, 0.29) is 11.9 Å². The zero-order valence-electron chi connectivity index (χ0n) is 10.3. The van der Waals surface area contributed by atoms with E-state index in [1.54, 1.807) is 19.1 Å². The summed E-state index contributed by atoms with van der Waals surface area (Å²) in [5, 5.41) is 0. The molecule has 2 atom stereocenters. The summed E-state index contributed by atoms with van der Waals surface area (Å²) in [7, 11) is 0. The lowest BCUT2D eigenvalue weighted by Gasteiger charge is -2.13. The Labute approximate surface area is 102 Å². The van der Waals surface area contributed by atoms with Crippen molar-refractivity contribution in [2.24, 2.45) is 0 Å². The number of hydrogen-bond acceptors (Lipinski definition) is 3.